The number of carbonyl (C=O) groups excluding carboxylic acids is 1. The molecule has 8 heteroatoms. The molecular formula is C24H18N4O3S. The van der Waals surface area contributed by atoms with Crippen LogP contribution in [0.5, 0.6) is 0 Å². The van der Waals surface area contributed by atoms with E-state index >= 15 is 0 Å². The average Bonchev–Trinajstić information content (AvgIpc) is 3.49. The first kappa shape index (κ1) is 19.8. The number of imidazole rings is 1. The molecule has 0 bridgehead atoms. The van der Waals surface area contributed by atoms with Gasteiger partial charge in [-0.25, -0.2) is 9.78 Å². The van der Waals surface area contributed by atoms with Gasteiger partial charge >= 0.3 is 5.97 Å². The number of hydrogen-bond acceptors (Lipinski definition) is 4. The maximum absolute atomic E-state index is 11.7. The summed E-state index contributed by atoms with van der Waals surface area (Å²) in [4.78, 5) is 27.6. The van der Waals surface area contributed by atoms with Crippen molar-refractivity contribution in [3.05, 3.63) is 89.3 Å². The van der Waals surface area contributed by atoms with Crippen molar-refractivity contribution in [2.24, 2.45) is 5.73 Å². The molecular weight excluding hydrogens is 424 g/mol. The minimum Gasteiger partial charge on any atom is -0.477 e. The number of nitrogens with zero attached hydrogens (tertiary/aromatic N) is 3. The number of primary amides is 1. The fourth-order valence-electron chi connectivity index (χ4n) is 3.87. The molecule has 0 aliphatic heterocycles. The molecule has 3 N–H and O–H groups in total. The van der Waals surface area contributed by atoms with Gasteiger partial charge in [0.25, 0.3) is 0 Å². The molecule has 0 atom stereocenters. The number of aryl methyl sites for hydroxylation is 1. The Hall–Kier alpha value is -4.17. The maximum Gasteiger partial charge on any atom is 0.345 e. The van der Waals surface area contributed by atoms with Crippen molar-refractivity contribution in [1.82, 2.24) is 14.1 Å². The van der Waals surface area contributed by atoms with Crippen molar-refractivity contribution < 1.29 is 14.7 Å². The summed E-state index contributed by atoms with van der Waals surface area (Å²) < 4.78 is 4.81. The van der Waals surface area contributed by atoms with Crippen molar-refractivity contribution in [3.8, 4) is 22.6 Å². The van der Waals surface area contributed by atoms with E-state index in [1.54, 1.807) is 24.7 Å². The number of amides is 1. The van der Waals surface area contributed by atoms with Gasteiger partial charge in [-0.2, -0.15) is 0 Å². The number of thiophene rings is 1. The number of carboxylic acids is 1. The largest absolute Gasteiger partial charge is 0.477 e. The summed E-state index contributed by atoms with van der Waals surface area (Å²) in [7, 11) is 0. The van der Waals surface area contributed by atoms with Crippen LogP contribution in [0.1, 0.15) is 25.6 Å². The van der Waals surface area contributed by atoms with Crippen molar-refractivity contribution in [2.45, 2.75) is 6.92 Å². The minimum absolute atomic E-state index is 0.274. The normalized spacial score (nSPS) is 11.2. The van der Waals surface area contributed by atoms with Crippen LogP contribution in [0.4, 0.5) is 0 Å². The smallest absolute Gasteiger partial charge is 0.345 e. The first-order chi connectivity index (χ1) is 15.4. The summed E-state index contributed by atoms with van der Waals surface area (Å²) >= 11 is 1.24. The van der Waals surface area contributed by atoms with Crippen LogP contribution in [0.15, 0.2) is 73.3 Å². The van der Waals surface area contributed by atoms with Gasteiger partial charge in [0.2, 0.25) is 5.91 Å². The average molecular weight is 443 g/mol. The lowest BCUT2D eigenvalue weighted by atomic mass is 10.1. The molecule has 0 fully saturated rings. The van der Waals surface area contributed by atoms with Gasteiger partial charge in [0, 0.05) is 29.3 Å². The fraction of sp³-hybridized carbons (Fsp3) is 0.0417. The molecule has 158 valence electrons. The van der Waals surface area contributed by atoms with Gasteiger partial charge in [0.05, 0.1) is 22.2 Å². The highest BCUT2D eigenvalue weighted by Gasteiger charge is 2.19. The Bertz CT molecular complexity index is 1480. The molecule has 32 heavy (non-hydrogen) atoms. The van der Waals surface area contributed by atoms with Crippen LogP contribution >= 0.6 is 11.3 Å². The second-order valence-corrected chi connectivity index (χ2v) is 8.49. The predicted molar refractivity (Wildman–Crippen MR) is 124 cm³/mol. The molecule has 7 nitrogen and oxygen atoms in total. The van der Waals surface area contributed by atoms with Crippen molar-refractivity contribution >= 4 is 33.4 Å². The topological polar surface area (TPSA) is 103 Å². The molecule has 0 saturated carbocycles. The summed E-state index contributed by atoms with van der Waals surface area (Å²) in [5, 5.41) is 9.46. The first-order valence-electron chi connectivity index (χ1n) is 9.80. The lowest BCUT2D eigenvalue weighted by Crippen LogP contribution is -2.13. The Balaban J connectivity index is 1.69. The molecule has 0 radical (unpaired) electrons. The number of hydrogen-bond donors (Lipinski definition) is 2. The first-order valence-corrected chi connectivity index (χ1v) is 10.6. The number of fused-ring (bicyclic) bond motifs is 1. The van der Waals surface area contributed by atoms with Gasteiger partial charge in [-0.15, -0.1) is 11.3 Å². The molecule has 0 saturated heterocycles. The second-order valence-electron chi connectivity index (χ2n) is 7.41. The van der Waals surface area contributed by atoms with Crippen molar-refractivity contribution in [2.75, 3.05) is 0 Å². The number of aromatic carboxylic acids is 1. The van der Waals surface area contributed by atoms with E-state index in [4.69, 9.17) is 5.73 Å². The molecule has 0 spiro atoms. The Morgan fingerprint density at radius 1 is 1.03 bits per heavy atom. The quantitative estimate of drug-likeness (QED) is 0.413. The third-order valence-electron chi connectivity index (χ3n) is 5.40. The maximum atomic E-state index is 11.7. The van der Waals surface area contributed by atoms with Gasteiger partial charge in [-0.3, -0.25) is 4.79 Å². The summed E-state index contributed by atoms with van der Waals surface area (Å²) in [6.07, 6.45) is 5.35. The van der Waals surface area contributed by atoms with E-state index < -0.39 is 11.9 Å². The van der Waals surface area contributed by atoms with Gasteiger partial charge in [-0.05, 0) is 60.5 Å². The van der Waals surface area contributed by atoms with E-state index in [0.29, 0.717) is 5.56 Å². The SMILES string of the molecule is Cc1cc(-n2c(-c3ccc(-n4ccnc4)cc3)cc3sc(C(=O)O)cc32)ccc1C(N)=O. The van der Waals surface area contributed by atoms with E-state index in [1.807, 2.05) is 64.7 Å². The van der Waals surface area contributed by atoms with Crippen LogP contribution in [0.2, 0.25) is 0 Å². The third kappa shape index (κ3) is 3.27. The highest BCUT2D eigenvalue weighted by atomic mass is 32.1. The van der Waals surface area contributed by atoms with Gasteiger partial charge in [-0.1, -0.05) is 12.1 Å². The summed E-state index contributed by atoms with van der Waals surface area (Å²) in [6, 6.07) is 17.2. The Morgan fingerprint density at radius 3 is 2.41 bits per heavy atom. The Labute approximate surface area is 187 Å². The molecule has 1 amide bonds. The second kappa shape index (κ2) is 7.51. The molecule has 5 aromatic rings. The molecule has 0 unspecified atom stereocenters. The number of rotatable bonds is 5. The standard InChI is InChI=1S/C24H18N4O3S/c1-14-10-17(6-7-18(14)23(25)29)28-19(11-21-20(28)12-22(32-21)24(30)31)15-2-4-16(5-3-15)27-9-8-26-13-27/h2-13H,1H3,(H2,25,29)(H,30,31). The molecule has 5 rings (SSSR count). The van der Waals surface area contributed by atoms with Crippen LogP contribution < -0.4 is 5.73 Å². The lowest BCUT2D eigenvalue weighted by molar-refractivity contribution is 0.0702. The summed E-state index contributed by atoms with van der Waals surface area (Å²) in [6.45, 7) is 1.83. The van der Waals surface area contributed by atoms with Crippen molar-refractivity contribution in [3.63, 3.8) is 0 Å². The van der Waals surface area contributed by atoms with Gasteiger partial charge < -0.3 is 20.0 Å². The molecule has 0 aliphatic rings. The monoisotopic (exact) mass is 442 g/mol. The van der Waals surface area contributed by atoms with Crippen LogP contribution in [0.3, 0.4) is 0 Å². The van der Waals surface area contributed by atoms with Crippen LogP contribution in [0, 0.1) is 6.92 Å². The van der Waals surface area contributed by atoms with E-state index in [9.17, 15) is 14.7 Å². The van der Waals surface area contributed by atoms with Crippen LogP contribution in [-0.4, -0.2) is 31.1 Å². The van der Waals surface area contributed by atoms with Crippen LogP contribution in [-0.2, 0) is 0 Å². The number of carboxylic acid groups (broad SMARTS) is 1. The molecule has 3 aromatic heterocycles. The van der Waals surface area contributed by atoms with Crippen LogP contribution in [0.25, 0.3) is 32.8 Å². The number of benzene rings is 2. The third-order valence-corrected chi connectivity index (χ3v) is 6.46. The van der Waals surface area contributed by atoms with E-state index in [0.717, 1.165) is 38.4 Å². The zero-order valence-electron chi connectivity index (χ0n) is 17.0. The molecule has 3 heterocycles. The highest BCUT2D eigenvalue weighted by Crippen LogP contribution is 2.37. The summed E-state index contributed by atoms with van der Waals surface area (Å²) in [5.74, 6) is -1.44. The predicted octanol–water partition coefficient (Wildman–Crippen LogP) is 4.65. The van der Waals surface area contributed by atoms with E-state index in [-0.39, 0.29) is 4.88 Å². The fourth-order valence-corrected chi connectivity index (χ4v) is 4.79. The lowest BCUT2D eigenvalue weighted by Gasteiger charge is -2.13. The highest BCUT2D eigenvalue weighted by molar-refractivity contribution is 7.20. The van der Waals surface area contributed by atoms with Gasteiger partial charge in [0.15, 0.2) is 0 Å². The number of carbonyl (C=O) groups is 2. The minimum atomic E-state index is -0.954. The molecule has 2 aromatic carbocycles. The van der Waals surface area contributed by atoms with E-state index in [1.165, 1.54) is 11.3 Å². The van der Waals surface area contributed by atoms with Crippen molar-refractivity contribution in [1.29, 1.82) is 0 Å². The zero-order chi connectivity index (χ0) is 22.4. The van der Waals surface area contributed by atoms with Gasteiger partial charge in [0.1, 0.15) is 4.88 Å². The zero-order valence-corrected chi connectivity index (χ0v) is 17.8. The number of nitrogens with two attached hydrogens (primary N) is 1. The van der Waals surface area contributed by atoms with E-state index in [2.05, 4.69) is 4.98 Å². The number of aromatic nitrogens is 3. The Morgan fingerprint density at radius 2 is 1.78 bits per heavy atom. The molecule has 0 aliphatic carbocycles. The Kier molecular flexibility index (Phi) is 4.64. The summed E-state index contributed by atoms with van der Waals surface area (Å²) in [5.41, 5.74) is 11.2.